The van der Waals surface area contributed by atoms with Crippen molar-refractivity contribution in [1.29, 1.82) is 0 Å². The lowest BCUT2D eigenvalue weighted by molar-refractivity contribution is 0.0953. The Balaban J connectivity index is 1.67. The number of anilines is 2. The lowest BCUT2D eigenvalue weighted by Crippen LogP contribution is -2.28. The number of amides is 1. The molecular weight excluding hydrogens is 377 g/mol. The van der Waals surface area contributed by atoms with E-state index >= 15 is 0 Å². The highest BCUT2D eigenvalue weighted by Gasteiger charge is 2.31. The van der Waals surface area contributed by atoms with Gasteiger partial charge in [-0.2, -0.15) is 0 Å². The van der Waals surface area contributed by atoms with Gasteiger partial charge in [-0.05, 0) is 31.4 Å². The Hall–Kier alpha value is -3.43. The van der Waals surface area contributed by atoms with Crippen molar-refractivity contribution in [2.45, 2.75) is 25.3 Å². The summed E-state index contributed by atoms with van der Waals surface area (Å²) in [5.41, 5.74) is 7.35. The number of ether oxygens (including phenoxy) is 1. The van der Waals surface area contributed by atoms with Crippen molar-refractivity contribution in [3.63, 3.8) is 0 Å². The Labute approximate surface area is 165 Å². The maximum absolute atomic E-state index is 14.0. The molecule has 1 fully saturated rings. The van der Waals surface area contributed by atoms with E-state index in [1.165, 1.54) is 10.6 Å². The molecule has 5 rings (SSSR count). The number of hydrogen-bond donors (Lipinski definition) is 2. The molecule has 0 saturated carbocycles. The number of carbonyl (C=O) groups is 1. The molecular formula is C19H20FN7O2. The molecule has 0 aliphatic carbocycles. The van der Waals surface area contributed by atoms with E-state index < -0.39 is 5.82 Å². The van der Waals surface area contributed by atoms with Crippen molar-refractivity contribution in [2.75, 3.05) is 30.3 Å². The minimum Gasteiger partial charge on any atom is -0.477 e. The molecule has 1 amide bonds. The van der Waals surface area contributed by atoms with Crippen LogP contribution < -0.4 is 20.7 Å². The Morgan fingerprint density at radius 2 is 2.24 bits per heavy atom. The van der Waals surface area contributed by atoms with Crippen LogP contribution in [0, 0.1) is 5.82 Å². The van der Waals surface area contributed by atoms with Gasteiger partial charge in [-0.15, -0.1) is 5.10 Å². The highest BCUT2D eigenvalue weighted by molar-refractivity contribution is 6.04. The second-order valence-electron chi connectivity index (χ2n) is 7.17. The number of nitrogens with one attached hydrogen (secondary N) is 1. The predicted molar refractivity (Wildman–Crippen MR) is 103 cm³/mol. The first-order valence-corrected chi connectivity index (χ1v) is 9.60. The predicted octanol–water partition coefficient (Wildman–Crippen LogP) is 1.70. The Bertz CT molecular complexity index is 1100. The largest absolute Gasteiger partial charge is 0.477 e. The van der Waals surface area contributed by atoms with Gasteiger partial charge < -0.3 is 20.7 Å². The number of nitrogens with two attached hydrogens (primary N) is 1. The van der Waals surface area contributed by atoms with Crippen LogP contribution in [0.15, 0.2) is 24.5 Å². The molecule has 5 heterocycles. The average molecular weight is 397 g/mol. The number of fused-ring (bicyclic) bond motifs is 5. The number of nitrogen functional groups attached to an aromatic ring is 1. The van der Waals surface area contributed by atoms with Crippen molar-refractivity contribution in [3.8, 4) is 5.88 Å². The molecule has 29 heavy (non-hydrogen) atoms. The van der Waals surface area contributed by atoms with Gasteiger partial charge >= 0.3 is 0 Å². The van der Waals surface area contributed by atoms with Gasteiger partial charge in [0.15, 0.2) is 11.5 Å². The van der Waals surface area contributed by atoms with E-state index in [1.807, 2.05) is 6.07 Å². The third-order valence-corrected chi connectivity index (χ3v) is 5.32. The number of hydrogen-bond acceptors (Lipinski definition) is 7. The first kappa shape index (κ1) is 17.7. The van der Waals surface area contributed by atoms with Crippen LogP contribution in [0.4, 0.5) is 16.0 Å². The number of aromatic nitrogens is 4. The molecule has 10 heteroatoms. The van der Waals surface area contributed by atoms with Crippen molar-refractivity contribution in [2.24, 2.45) is 0 Å². The van der Waals surface area contributed by atoms with Crippen LogP contribution >= 0.6 is 0 Å². The highest BCUT2D eigenvalue weighted by atomic mass is 19.1. The maximum atomic E-state index is 14.0. The van der Waals surface area contributed by atoms with Crippen LogP contribution in [0.2, 0.25) is 0 Å². The summed E-state index contributed by atoms with van der Waals surface area (Å²) >= 11 is 0. The third-order valence-electron chi connectivity index (χ3n) is 5.32. The molecule has 3 aromatic rings. The van der Waals surface area contributed by atoms with Gasteiger partial charge in [0.1, 0.15) is 17.2 Å². The van der Waals surface area contributed by atoms with Gasteiger partial charge in [-0.1, -0.05) is 0 Å². The molecule has 1 saturated heterocycles. The number of halogens is 1. The summed E-state index contributed by atoms with van der Waals surface area (Å²) < 4.78 is 21.3. The topological polar surface area (TPSA) is 111 Å². The molecule has 0 radical (unpaired) electrons. The molecule has 2 bridgehead atoms. The van der Waals surface area contributed by atoms with E-state index in [-0.39, 0.29) is 23.3 Å². The smallest absolute Gasteiger partial charge is 0.258 e. The number of pyridine rings is 1. The molecule has 150 valence electrons. The summed E-state index contributed by atoms with van der Waals surface area (Å²) in [6, 6.07) is 3.18. The summed E-state index contributed by atoms with van der Waals surface area (Å²) in [6.45, 7) is 1.48. The van der Waals surface area contributed by atoms with Crippen molar-refractivity contribution in [1.82, 2.24) is 24.9 Å². The monoisotopic (exact) mass is 397 g/mol. The second kappa shape index (κ2) is 6.87. The van der Waals surface area contributed by atoms with Crippen LogP contribution in [0.25, 0.3) is 5.65 Å². The van der Waals surface area contributed by atoms with Crippen LogP contribution in [0.1, 0.15) is 41.2 Å². The van der Waals surface area contributed by atoms with E-state index in [0.29, 0.717) is 42.5 Å². The molecule has 9 nitrogen and oxygen atoms in total. The Morgan fingerprint density at radius 3 is 3.14 bits per heavy atom. The fourth-order valence-electron chi connectivity index (χ4n) is 4.01. The van der Waals surface area contributed by atoms with Gasteiger partial charge in [-0.3, -0.25) is 4.79 Å². The zero-order chi connectivity index (χ0) is 20.0. The quantitative estimate of drug-likeness (QED) is 0.594. The van der Waals surface area contributed by atoms with Gasteiger partial charge in [-0.25, -0.2) is 18.9 Å². The molecule has 3 N–H and O–H groups in total. The lowest BCUT2D eigenvalue weighted by Gasteiger charge is -2.27. The first-order valence-electron chi connectivity index (χ1n) is 9.60. The average Bonchev–Trinajstić information content (AvgIpc) is 3.31. The molecule has 0 spiro atoms. The summed E-state index contributed by atoms with van der Waals surface area (Å²) in [5.74, 6) is 0.493. The van der Waals surface area contributed by atoms with Crippen LogP contribution in [-0.2, 0) is 0 Å². The maximum Gasteiger partial charge on any atom is 0.258 e. The lowest BCUT2D eigenvalue weighted by atomic mass is 10.1. The Kier molecular flexibility index (Phi) is 4.18. The van der Waals surface area contributed by atoms with Gasteiger partial charge in [0, 0.05) is 24.8 Å². The number of carbonyl (C=O) groups excluding carboxylic acids is 1. The molecule has 0 unspecified atom stereocenters. The highest BCUT2D eigenvalue weighted by Crippen LogP contribution is 2.39. The minimum absolute atomic E-state index is 0.122. The third kappa shape index (κ3) is 3.00. The molecule has 2 aliphatic heterocycles. The Morgan fingerprint density at radius 1 is 1.34 bits per heavy atom. The zero-order valence-electron chi connectivity index (χ0n) is 15.6. The van der Waals surface area contributed by atoms with E-state index in [0.717, 1.165) is 25.6 Å². The fraction of sp³-hybridized carbons (Fsp3) is 0.368. The number of nitrogens with zero attached hydrogens (tertiary/aromatic N) is 5. The summed E-state index contributed by atoms with van der Waals surface area (Å²) in [4.78, 5) is 23.6. The minimum atomic E-state index is -0.401. The summed E-state index contributed by atoms with van der Waals surface area (Å²) in [5, 5.41) is 7.02. The van der Waals surface area contributed by atoms with E-state index in [2.05, 4.69) is 25.3 Å². The van der Waals surface area contributed by atoms with E-state index in [9.17, 15) is 9.18 Å². The van der Waals surface area contributed by atoms with Crippen molar-refractivity contribution in [3.05, 3.63) is 41.5 Å². The normalized spacial score (nSPS) is 19.4. The van der Waals surface area contributed by atoms with E-state index in [4.69, 9.17) is 10.5 Å². The zero-order valence-corrected chi connectivity index (χ0v) is 15.6. The van der Waals surface area contributed by atoms with Crippen LogP contribution in [0.5, 0.6) is 5.88 Å². The fourth-order valence-corrected chi connectivity index (χ4v) is 4.01. The molecule has 1 atom stereocenters. The van der Waals surface area contributed by atoms with Gasteiger partial charge in [0.2, 0.25) is 5.88 Å². The first-order chi connectivity index (χ1) is 14.1. The van der Waals surface area contributed by atoms with Crippen molar-refractivity contribution < 1.29 is 13.9 Å². The second-order valence-corrected chi connectivity index (χ2v) is 7.17. The molecule has 0 aromatic carbocycles. The molecule has 2 aliphatic rings. The SMILES string of the molecule is Nc1nn2ccc3nc2c1C(=O)NCCCOc1ncc(F)cc1[C@H]1CCCN31. The summed E-state index contributed by atoms with van der Waals surface area (Å²) in [6.07, 6.45) is 5.20. The number of rotatable bonds is 0. The van der Waals surface area contributed by atoms with Crippen LogP contribution in [0.3, 0.4) is 0 Å². The van der Waals surface area contributed by atoms with E-state index in [1.54, 1.807) is 6.20 Å². The standard InChI is InChI=1S/C19H20FN7O2/c20-11-9-12-13-3-1-6-26(13)14-4-7-27-17(24-14)15(16(21)25-27)18(28)22-5-2-8-29-19(12)23-10-11/h4,7,9-10,13H,1-3,5-6,8H2,(H2,21,25)(H,22,28)/t13-/m1/s1. The summed E-state index contributed by atoms with van der Waals surface area (Å²) in [7, 11) is 0. The van der Waals surface area contributed by atoms with Crippen molar-refractivity contribution >= 4 is 23.2 Å². The van der Waals surface area contributed by atoms with Gasteiger partial charge in [0.25, 0.3) is 5.91 Å². The van der Waals surface area contributed by atoms with Gasteiger partial charge in [0.05, 0.1) is 18.8 Å². The molecule has 3 aromatic heterocycles. The van der Waals surface area contributed by atoms with Crippen LogP contribution in [-0.4, -0.2) is 45.2 Å².